The first-order valence-electron chi connectivity index (χ1n) is 12.7. The SMILES string of the molecule is CCCC(CCNC(=O)OCc1ccccc1)C(=O)CN1CCC2(CC1)CNc1cc(Cl)ccc12. The fourth-order valence-corrected chi connectivity index (χ4v) is 5.53. The molecule has 0 aliphatic carbocycles. The molecule has 1 unspecified atom stereocenters. The van der Waals surface area contributed by atoms with Gasteiger partial charge in [0.2, 0.25) is 0 Å². The van der Waals surface area contributed by atoms with Crippen molar-refractivity contribution in [3.8, 4) is 0 Å². The number of likely N-dealkylation sites (tertiary alicyclic amines) is 1. The summed E-state index contributed by atoms with van der Waals surface area (Å²) in [5, 5.41) is 7.09. The van der Waals surface area contributed by atoms with E-state index in [9.17, 15) is 9.59 Å². The minimum atomic E-state index is -0.440. The molecule has 2 N–H and O–H groups in total. The van der Waals surface area contributed by atoms with E-state index < -0.39 is 6.09 Å². The van der Waals surface area contributed by atoms with E-state index >= 15 is 0 Å². The third-order valence-corrected chi connectivity index (χ3v) is 7.67. The standard InChI is InChI=1S/C28H36ClN3O3/c1-2-6-22(11-14-30-27(34)35-19-21-7-4-3-5-8-21)26(33)18-32-15-12-28(13-16-32)20-31-25-17-23(29)9-10-24(25)28/h3-5,7-10,17,22,31H,2,6,11-16,18-20H2,1H3,(H,30,34). The number of rotatable bonds is 10. The molecule has 1 atom stereocenters. The van der Waals surface area contributed by atoms with Crippen LogP contribution in [0.1, 0.15) is 50.2 Å². The molecule has 2 aromatic rings. The first-order valence-corrected chi connectivity index (χ1v) is 13.1. The van der Waals surface area contributed by atoms with Crippen molar-refractivity contribution in [2.45, 2.75) is 51.0 Å². The smallest absolute Gasteiger partial charge is 0.407 e. The minimum absolute atomic E-state index is 0.0404. The molecule has 0 aromatic heterocycles. The highest BCUT2D eigenvalue weighted by atomic mass is 35.5. The molecule has 1 fully saturated rings. The number of anilines is 1. The number of benzene rings is 2. The monoisotopic (exact) mass is 497 g/mol. The van der Waals surface area contributed by atoms with Gasteiger partial charge in [0, 0.05) is 35.1 Å². The minimum Gasteiger partial charge on any atom is -0.445 e. The number of Topliss-reactive ketones (excluding diaryl/α,β-unsaturated/α-hetero) is 1. The molecule has 1 spiro atoms. The van der Waals surface area contributed by atoms with Crippen molar-refractivity contribution in [3.63, 3.8) is 0 Å². The molecule has 0 bridgehead atoms. The summed E-state index contributed by atoms with van der Waals surface area (Å²) in [5.74, 6) is 0.236. The Hall–Kier alpha value is -2.57. The maximum atomic E-state index is 13.1. The highest BCUT2D eigenvalue weighted by Crippen LogP contribution is 2.44. The molecule has 4 rings (SSSR count). The topological polar surface area (TPSA) is 70.7 Å². The molecule has 2 aliphatic rings. The van der Waals surface area contributed by atoms with Crippen LogP contribution in [-0.4, -0.2) is 49.5 Å². The lowest BCUT2D eigenvalue weighted by Crippen LogP contribution is -2.46. The summed E-state index contributed by atoms with van der Waals surface area (Å²) in [6.45, 7) is 6.04. The van der Waals surface area contributed by atoms with Crippen molar-refractivity contribution in [3.05, 3.63) is 64.7 Å². The Morgan fingerprint density at radius 1 is 1.14 bits per heavy atom. The van der Waals surface area contributed by atoms with E-state index in [2.05, 4.69) is 28.5 Å². The van der Waals surface area contributed by atoms with Crippen molar-refractivity contribution < 1.29 is 14.3 Å². The van der Waals surface area contributed by atoms with Crippen LogP contribution in [0.3, 0.4) is 0 Å². The number of amides is 1. The number of fused-ring (bicyclic) bond motifs is 2. The van der Waals surface area contributed by atoms with E-state index in [0.29, 0.717) is 19.5 Å². The van der Waals surface area contributed by atoms with Crippen molar-refractivity contribution in [1.82, 2.24) is 10.2 Å². The lowest BCUT2D eigenvalue weighted by atomic mass is 9.74. The van der Waals surface area contributed by atoms with Crippen LogP contribution in [0, 0.1) is 5.92 Å². The number of hydrogen-bond acceptors (Lipinski definition) is 5. The number of halogens is 1. The molecule has 0 radical (unpaired) electrons. The van der Waals surface area contributed by atoms with Crippen LogP contribution < -0.4 is 10.6 Å². The second-order valence-corrected chi connectivity index (χ2v) is 10.3. The number of alkyl carbamates (subject to hydrolysis) is 1. The summed E-state index contributed by atoms with van der Waals surface area (Å²) in [5.41, 5.74) is 3.61. The highest BCUT2D eigenvalue weighted by molar-refractivity contribution is 6.30. The maximum absolute atomic E-state index is 13.1. The van der Waals surface area contributed by atoms with Gasteiger partial charge in [0.15, 0.2) is 0 Å². The van der Waals surface area contributed by atoms with Gasteiger partial charge in [0.1, 0.15) is 12.4 Å². The molecule has 2 aliphatic heterocycles. The molecular weight excluding hydrogens is 462 g/mol. The lowest BCUT2D eigenvalue weighted by molar-refractivity contribution is -0.124. The zero-order valence-electron chi connectivity index (χ0n) is 20.5. The summed E-state index contributed by atoms with van der Waals surface area (Å²) in [7, 11) is 0. The van der Waals surface area contributed by atoms with Crippen LogP contribution in [0.5, 0.6) is 0 Å². The molecule has 0 saturated carbocycles. The van der Waals surface area contributed by atoms with Crippen LogP contribution in [0.25, 0.3) is 0 Å². The van der Waals surface area contributed by atoms with Gasteiger partial charge in [-0.15, -0.1) is 0 Å². The average Bonchev–Trinajstić information content (AvgIpc) is 3.21. The van der Waals surface area contributed by atoms with Gasteiger partial charge in [-0.1, -0.05) is 61.3 Å². The van der Waals surface area contributed by atoms with Crippen LogP contribution in [0.15, 0.2) is 48.5 Å². The van der Waals surface area contributed by atoms with Crippen LogP contribution >= 0.6 is 11.6 Å². The van der Waals surface area contributed by atoms with Crippen molar-refractivity contribution >= 4 is 29.2 Å². The number of ether oxygens (including phenoxy) is 1. The van der Waals surface area contributed by atoms with E-state index in [1.807, 2.05) is 42.5 Å². The number of carbonyl (C=O) groups is 2. The first kappa shape index (κ1) is 25.5. The van der Waals surface area contributed by atoms with Crippen molar-refractivity contribution in [2.75, 3.05) is 38.0 Å². The van der Waals surface area contributed by atoms with Gasteiger partial charge in [-0.25, -0.2) is 4.79 Å². The Labute approximate surface area is 213 Å². The summed E-state index contributed by atoms with van der Waals surface area (Å²) in [4.78, 5) is 27.5. The van der Waals surface area contributed by atoms with E-state index in [1.54, 1.807) is 0 Å². The van der Waals surface area contributed by atoms with Crippen LogP contribution in [0.2, 0.25) is 5.02 Å². The average molecular weight is 498 g/mol. The Bertz CT molecular complexity index is 1010. The number of nitrogens with zero attached hydrogens (tertiary/aromatic N) is 1. The van der Waals surface area contributed by atoms with E-state index in [-0.39, 0.29) is 23.7 Å². The second-order valence-electron chi connectivity index (χ2n) is 9.83. The zero-order valence-corrected chi connectivity index (χ0v) is 21.3. The van der Waals surface area contributed by atoms with Gasteiger partial charge >= 0.3 is 6.09 Å². The van der Waals surface area contributed by atoms with Crippen molar-refractivity contribution in [2.24, 2.45) is 5.92 Å². The van der Waals surface area contributed by atoms with Gasteiger partial charge in [-0.2, -0.15) is 0 Å². The summed E-state index contributed by atoms with van der Waals surface area (Å²) in [6, 6.07) is 15.8. The third kappa shape index (κ3) is 6.56. The van der Waals surface area contributed by atoms with E-state index in [0.717, 1.165) is 61.6 Å². The number of ketones is 1. The Balaban J connectivity index is 1.21. The van der Waals surface area contributed by atoms with E-state index in [1.165, 1.54) is 5.56 Å². The number of carbonyl (C=O) groups excluding carboxylic acids is 2. The normalized spacial score (nSPS) is 17.4. The molecule has 188 valence electrons. The number of nitrogens with one attached hydrogen (secondary N) is 2. The highest BCUT2D eigenvalue weighted by Gasteiger charge is 2.41. The molecule has 2 aromatic carbocycles. The molecule has 1 amide bonds. The molecular formula is C28H36ClN3O3. The van der Waals surface area contributed by atoms with Crippen LogP contribution in [-0.2, 0) is 21.6 Å². The van der Waals surface area contributed by atoms with Gasteiger partial charge in [-0.05, 0) is 62.0 Å². The predicted octanol–water partition coefficient (Wildman–Crippen LogP) is 5.40. The molecule has 35 heavy (non-hydrogen) atoms. The molecule has 1 saturated heterocycles. The van der Waals surface area contributed by atoms with Crippen LogP contribution in [0.4, 0.5) is 10.5 Å². The first-order chi connectivity index (χ1) is 17.0. The zero-order chi connectivity index (χ0) is 24.7. The third-order valence-electron chi connectivity index (χ3n) is 7.43. The largest absolute Gasteiger partial charge is 0.445 e. The number of piperidine rings is 1. The van der Waals surface area contributed by atoms with Crippen molar-refractivity contribution in [1.29, 1.82) is 0 Å². The Morgan fingerprint density at radius 3 is 2.66 bits per heavy atom. The Morgan fingerprint density at radius 2 is 1.91 bits per heavy atom. The predicted molar refractivity (Wildman–Crippen MR) is 140 cm³/mol. The van der Waals surface area contributed by atoms with Gasteiger partial charge in [0.25, 0.3) is 0 Å². The summed E-state index contributed by atoms with van der Waals surface area (Å²) >= 11 is 6.17. The molecule has 6 nitrogen and oxygen atoms in total. The lowest BCUT2D eigenvalue weighted by Gasteiger charge is -2.39. The second kappa shape index (κ2) is 11.9. The molecule has 2 heterocycles. The summed E-state index contributed by atoms with van der Waals surface area (Å²) in [6.07, 6.45) is 4.07. The quantitative estimate of drug-likeness (QED) is 0.460. The number of hydrogen-bond donors (Lipinski definition) is 2. The van der Waals surface area contributed by atoms with E-state index in [4.69, 9.17) is 16.3 Å². The fourth-order valence-electron chi connectivity index (χ4n) is 5.36. The van der Waals surface area contributed by atoms with Gasteiger partial charge < -0.3 is 15.4 Å². The molecule has 7 heteroatoms. The van der Waals surface area contributed by atoms with Gasteiger partial charge in [-0.3, -0.25) is 9.69 Å². The fraction of sp³-hybridized carbons (Fsp3) is 0.500. The Kier molecular flexibility index (Phi) is 8.69. The maximum Gasteiger partial charge on any atom is 0.407 e. The van der Waals surface area contributed by atoms with Gasteiger partial charge in [0.05, 0.1) is 6.54 Å². The summed E-state index contributed by atoms with van der Waals surface area (Å²) < 4.78 is 5.27.